The van der Waals surface area contributed by atoms with Crippen molar-refractivity contribution in [3.05, 3.63) is 121 Å². The number of rotatable bonds is 5. The average molecular weight is 519 g/mol. The van der Waals surface area contributed by atoms with Crippen LogP contribution in [0.2, 0.25) is 0 Å². The Balaban J connectivity index is 1.37. The molecule has 7 heteroatoms. The maximum Gasteiger partial charge on any atom is 0.488 e. The van der Waals surface area contributed by atoms with Crippen LogP contribution in [-0.2, 0) is 0 Å². The van der Waals surface area contributed by atoms with Gasteiger partial charge in [0.15, 0.2) is 17.5 Å². The molecule has 0 bridgehead atoms. The summed E-state index contributed by atoms with van der Waals surface area (Å²) in [5.74, 6) is 1.65. The predicted octanol–water partition coefficient (Wildman–Crippen LogP) is 6.12. The van der Waals surface area contributed by atoms with Crippen molar-refractivity contribution in [2.24, 2.45) is 0 Å². The molecule has 0 fully saturated rings. The summed E-state index contributed by atoms with van der Waals surface area (Å²) in [5, 5.41) is 21.4. The van der Waals surface area contributed by atoms with Crippen molar-refractivity contribution >= 4 is 34.5 Å². The molecule has 2 heterocycles. The number of furan rings is 1. The van der Waals surface area contributed by atoms with Crippen LogP contribution in [0, 0.1) is 0 Å². The Kier molecular flexibility index (Phi) is 5.93. The SMILES string of the molecule is OB(O)c1cccc(-c2cccc(-c3nc(-c4ccccc4)nc(-c4ccc5c(c4)oc4ccccc45)n3)c2)c1. The molecule has 7 aromatic rings. The van der Waals surface area contributed by atoms with Crippen LogP contribution in [0.4, 0.5) is 0 Å². The summed E-state index contributed by atoms with van der Waals surface area (Å²) in [6.07, 6.45) is 0. The second kappa shape index (κ2) is 9.89. The molecule has 0 aliphatic heterocycles. The third-order valence-electron chi connectivity index (χ3n) is 6.94. The lowest BCUT2D eigenvalue weighted by Crippen LogP contribution is -2.29. The first kappa shape index (κ1) is 24.0. The van der Waals surface area contributed by atoms with Crippen molar-refractivity contribution in [2.45, 2.75) is 0 Å². The summed E-state index contributed by atoms with van der Waals surface area (Å²) in [5.41, 5.74) is 6.34. The highest BCUT2D eigenvalue weighted by atomic mass is 16.4. The van der Waals surface area contributed by atoms with Gasteiger partial charge in [-0.1, -0.05) is 97.1 Å². The molecule has 0 saturated heterocycles. The minimum atomic E-state index is -1.54. The number of para-hydroxylation sites is 1. The molecule has 0 saturated carbocycles. The van der Waals surface area contributed by atoms with Crippen molar-refractivity contribution in [1.82, 2.24) is 15.0 Å². The third kappa shape index (κ3) is 4.43. The van der Waals surface area contributed by atoms with Gasteiger partial charge in [-0.25, -0.2) is 15.0 Å². The molecule has 40 heavy (non-hydrogen) atoms. The summed E-state index contributed by atoms with van der Waals surface area (Å²) in [6, 6.07) is 38.9. The van der Waals surface area contributed by atoms with Crippen LogP contribution in [-0.4, -0.2) is 32.1 Å². The Morgan fingerprint density at radius 1 is 0.450 bits per heavy atom. The van der Waals surface area contributed by atoms with Gasteiger partial charge in [0.05, 0.1) is 0 Å². The lowest BCUT2D eigenvalue weighted by molar-refractivity contribution is 0.426. The van der Waals surface area contributed by atoms with E-state index in [1.807, 2.05) is 97.1 Å². The van der Waals surface area contributed by atoms with E-state index >= 15 is 0 Å². The molecule has 0 radical (unpaired) electrons. The van der Waals surface area contributed by atoms with Crippen LogP contribution in [0.15, 0.2) is 126 Å². The summed E-state index contributed by atoms with van der Waals surface area (Å²) >= 11 is 0. The zero-order valence-electron chi connectivity index (χ0n) is 21.3. The zero-order valence-corrected chi connectivity index (χ0v) is 21.3. The number of fused-ring (bicyclic) bond motifs is 3. The first-order chi connectivity index (χ1) is 19.6. The van der Waals surface area contributed by atoms with E-state index < -0.39 is 7.12 Å². The number of aromatic nitrogens is 3. The Labute approximate surface area is 230 Å². The van der Waals surface area contributed by atoms with Gasteiger partial charge in [0.2, 0.25) is 0 Å². The van der Waals surface area contributed by atoms with Crippen LogP contribution in [0.3, 0.4) is 0 Å². The monoisotopic (exact) mass is 519 g/mol. The summed E-state index contributed by atoms with van der Waals surface area (Å²) < 4.78 is 6.13. The molecule has 0 amide bonds. The van der Waals surface area contributed by atoms with E-state index in [0.29, 0.717) is 22.9 Å². The van der Waals surface area contributed by atoms with E-state index in [0.717, 1.165) is 49.8 Å². The van der Waals surface area contributed by atoms with Crippen LogP contribution in [0.1, 0.15) is 0 Å². The van der Waals surface area contributed by atoms with E-state index in [9.17, 15) is 10.0 Å². The molecular formula is C33H22BN3O3. The lowest BCUT2D eigenvalue weighted by Gasteiger charge is -2.10. The van der Waals surface area contributed by atoms with E-state index in [1.165, 1.54) is 0 Å². The van der Waals surface area contributed by atoms with E-state index in [1.54, 1.807) is 18.2 Å². The number of hydrogen-bond acceptors (Lipinski definition) is 6. The maximum absolute atomic E-state index is 9.63. The van der Waals surface area contributed by atoms with Crippen LogP contribution in [0.25, 0.3) is 67.2 Å². The molecule has 2 N–H and O–H groups in total. The fraction of sp³-hybridized carbons (Fsp3) is 0. The normalized spacial score (nSPS) is 11.2. The lowest BCUT2D eigenvalue weighted by atomic mass is 9.79. The van der Waals surface area contributed by atoms with Gasteiger partial charge in [0.1, 0.15) is 11.2 Å². The topological polar surface area (TPSA) is 92.3 Å². The van der Waals surface area contributed by atoms with Gasteiger partial charge < -0.3 is 14.5 Å². The van der Waals surface area contributed by atoms with Crippen molar-refractivity contribution in [2.75, 3.05) is 0 Å². The van der Waals surface area contributed by atoms with E-state index in [4.69, 9.17) is 19.4 Å². The number of hydrogen-bond donors (Lipinski definition) is 2. The number of benzene rings is 5. The summed E-state index contributed by atoms with van der Waals surface area (Å²) in [6.45, 7) is 0. The Morgan fingerprint density at radius 2 is 1.02 bits per heavy atom. The first-order valence-electron chi connectivity index (χ1n) is 12.9. The van der Waals surface area contributed by atoms with E-state index in [-0.39, 0.29) is 0 Å². The predicted molar refractivity (Wildman–Crippen MR) is 159 cm³/mol. The Morgan fingerprint density at radius 3 is 1.80 bits per heavy atom. The van der Waals surface area contributed by atoms with Crippen molar-refractivity contribution in [3.8, 4) is 45.3 Å². The van der Waals surface area contributed by atoms with Gasteiger partial charge >= 0.3 is 7.12 Å². The fourth-order valence-electron chi connectivity index (χ4n) is 4.93. The highest BCUT2D eigenvalue weighted by molar-refractivity contribution is 6.58. The maximum atomic E-state index is 9.63. The van der Waals surface area contributed by atoms with Gasteiger partial charge in [-0.15, -0.1) is 0 Å². The molecule has 0 aliphatic carbocycles. The molecule has 5 aromatic carbocycles. The molecule has 190 valence electrons. The average Bonchev–Trinajstić information content (AvgIpc) is 3.39. The first-order valence-corrected chi connectivity index (χ1v) is 12.9. The zero-order chi connectivity index (χ0) is 27.1. The van der Waals surface area contributed by atoms with Crippen LogP contribution in [0.5, 0.6) is 0 Å². The van der Waals surface area contributed by atoms with Crippen LogP contribution >= 0.6 is 0 Å². The minimum Gasteiger partial charge on any atom is -0.456 e. The molecule has 0 unspecified atom stereocenters. The minimum absolute atomic E-state index is 0.428. The fourth-order valence-corrected chi connectivity index (χ4v) is 4.93. The van der Waals surface area contributed by atoms with Crippen molar-refractivity contribution < 1.29 is 14.5 Å². The van der Waals surface area contributed by atoms with Crippen molar-refractivity contribution in [3.63, 3.8) is 0 Å². The van der Waals surface area contributed by atoms with E-state index in [2.05, 4.69) is 6.07 Å². The van der Waals surface area contributed by atoms with Gasteiger partial charge in [-0.2, -0.15) is 0 Å². The van der Waals surface area contributed by atoms with Gasteiger partial charge in [-0.3, -0.25) is 0 Å². The van der Waals surface area contributed by atoms with Crippen molar-refractivity contribution in [1.29, 1.82) is 0 Å². The molecule has 0 spiro atoms. The standard InChI is InChI=1S/C33H22BN3O3/c38-34(39)26-13-7-11-23(19-26)22-10-6-12-24(18-22)32-35-31(21-8-2-1-3-9-21)36-33(37-32)25-16-17-28-27-14-4-5-15-29(27)40-30(28)20-25/h1-20,38-39H. The highest BCUT2D eigenvalue weighted by Crippen LogP contribution is 2.33. The van der Waals surface area contributed by atoms with Gasteiger partial charge in [0, 0.05) is 27.5 Å². The quantitative estimate of drug-likeness (QED) is 0.266. The Bertz CT molecular complexity index is 2000. The summed E-state index contributed by atoms with van der Waals surface area (Å²) in [4.78, 5) is 14.6. The molecule has 2 aromatic heterocycles. The van der Waals surface area contributed by atoms with Crippen LogP contribution < -0.4 is 5.46 Å². The molecular weight excluding hydrogens is 497 g/mol. The second-order valence-electron chi connectivity index (χ2n) is 9.56. The van der Waals surface area contributed by atoms with Gasteiger partial charge in [-0.05, 0) is 40.9 Å². The molecule has 6 nitrogen and oxygen atoms in total. The van der Waals surface area contributed by atoms with Gasteiger partial charge in [0.25, 0.3) is 0 Å². The highest BCUT2D eigenvalue weighted by Gasteiger charge is 2.16. The largest absolute Gasteiger partial charge is 0.488 e. The smallest absolute Gasteiger partial charge is 0.456 e. The molecule has 7 rings (SSSR count). The second-order valence-corrected chi connectivity index (χ2v) is 9.56. The number of nitrogens with zero attached hydrogens (tertiary/aromatic N) is 3. The molecule has 0 aliphatic rings. The summed E-state index contributed by atoms with van der Waals surface area (Å²) in [7, 11) is -1.54. The Hall–Kier alpha value is -5.11. The third-order valence-corrected chi connectivity index (χ3v) is 6.94. The molecule has 0 atom stereocenters.